The second-order valence-electron chi connectivity index (χ2n) is 5.33. The van der Waals surface area contributed by atoms with Crippen molar-refractivity contribution >= 4 is 29.3 Å². The molecule has 2 rings (SSSR count). The number of nitrogens with one attached hydrogen (secondary N) is 3. The molecular formula is C17H22ClN5O. The van der Waals surface area contributed by atoms with Crippen LogP contribution in [-0.4, -0.2) is 35.5 Å². The largest absolute Gasteiger partial charge is 0.370 e. The Bertz CT molecular complexity index is 675. The van der Waals surface area contributed by atoms with Crippen molar-refractivity contribution in [2.24, 2.45) is 0 Å². The fraction of sp³-hybridized carbons (Fsp3) is 0.353. The average molecular weight is 348 g/mol. The minimum absolute atomic E-state index is 0.0300. The van der Waals surface area contributed by atoms with E-state index in [1.165, 1.54) is 0 Å². The predicted octanol–water partition coefficient (Wildman–Crippen LogP) is 2.64. The van der Waals surface area contributed by atoms with E-state index in [-0.39, 0.29) is 5.91 Å². The Kier molecular flexibility index (Phi) is 6.81. The summed E-state index contributed by atoms with van der Waals surface area (Å²) < 4.78 is 0. The Morgan fingerprint density at radius 1 is 1.12 bits per heavy atom. The standard InChI is InChI=1S/C17H22ClN5O/c1-3-19-15-10-12(2)22-17(23-15)21-9-8-20-16(24)11-13-4-6-14(18)7-5-13/h4-7,10H,3,8-9,11H2,1-2H3,(H,20,24)(H2,19,21,22,23). The van der Waals surface area contributed by atoms with E-state index in [2.05, 4.69) is 25.9 Å². The number of aryl methyl sites for hydroxylation is 1. The summed E-state index contributed by atoms with van der Waals surface area (Å²) in [6.45, 7) is 5.79. The average Bonchev–Trinajstić information content (AvgIpc) is 2.54. The molecule has 0 fully saturated rings. The number of benzene rings is 1. The molecule has 6 nitrogen and oxygen atoms in total. The van der Waals surface area contributed by atoms with Gasteiger partial charge in [-0.1, -0.05) is 23.7 Å². The molecule has 2 aromatic rings. The lowest BCUT2D eigenvalue weighted by molar-refractivity contribution is -0.120. The van der Waals surface area contributed by atoms with Gasteiger partial charge < -0.3 is 16.0 Å². The number of carbonyl (C=O) groups excluding carboxylic acids is 1. The van der Waals surface area contributed by atoms with Gasteiger partial charge >= 0.3 is 0 Å². The van der Waals surface area contributed by atoms with Crippen LogP contribution in [-0.2, 0) is 11.2 Å². The lowest BCUT2D eigenvalue weighted by Crippen LogP contribution is -2.30. The number of carbonyl (C=O) groups is 1. The molecule has 0 aliphatic heterocycles. The summed E-state index contributed by atoms with van der Waals surface area (Å²) in [5.41, 5.74) is 1.82. The highest BCUT2D eigenvalue weighted by atomic mass is 35.5. The summed E-state index contributed by atoms with van der Waals surface area (Å²) in [6.07, 6.45) is 0.336. The molecule has 1 amide bonds. The molecule has 0 aliphatic rings. The van der Waals surface area contributed by atoms with E-state index in [0.29, 0.717) is 30.5 Å². The smallest absolute Gasteiger partial charge is 0.224 e. The van der Waals surface area contributed by atoms with E-state index in [9.17, 15) is 4.79 Å². The normalized spacial score (nSPS) is 10.3. The van der Waals surface area contributed by atoms with Crippen LogP contribution < -0.4 is 16.0 Å². The summed E-state index contributed by atoms with van der Waals surface area (Å²) >= 11 is 5.83. The molecule has 0 unspecified atom stereocenters. The highest BCUT2D eigenvalue weighted by Gasteiger charge is 2.04. The Labute approximate surface area is 147 Å². The summed E-state index contributed by atoms with van der Waals surface area (Å²) in [6, 6.07) is 9.15. The van der Waals surface area contributed by atoms with Gasteiger partial charge in [0.2, 0.25) is 11.9 Å². The Hall–Kier alpha value is -2.34. The Balaban J connectivity index is 1.74. The van der Waals surface area contributed by atoms with Gasteiger partial charge in [-0.2, -0.15) is 4.98 Å². The Morgan fingerprint density at radius 3 is 2.58 bits per heavy atom. The number of nitrogens with zero attached hydrogens (tertiary/aromatic N) is 2. The van der Waals surface area contributed by atoms with E-state index in [4.69, 9.17) is 11.6 Å². The number of hydrogen-bond acceptors (Lipinski definition) is 5. The fourth-order valence-electron chi connectivity index (χ4n) is 2.15. The summed E-state index contributed by atoms with van der Waals surface area (Å²) in [5, 5.41) is 9.80. The SMILES string of the molecule is CCNc1cc(C)nc(NCCNC(=O)Cc2ccc(Cl)cc2)n1. The molecule has 0 bridgehead atoms. The zero-order valence-electron chi connectivity index (χ0n) is 13.9. The first-order chi connectivity index (χ1) is 11.6. The van der Waals surface area contributed by atoms with E-state index in [1.807, 2.05) is 32.0 Å². The maximum Gasteiger partial charge on any atom is 0.224 e. The molecule has 0 atom stereocenters. The molecule has 1 heterocycles. The second-order valence-corrected chi connectivity index (χ2v) is 5.76. The van der Waals surface area contributed by atoms with Gasteiger partial charge in [0.15, 0.2) is 0 Å². The Morgan fingerprint density at radius 2 is 1.88 bits per heavy atom. The summed E-state index contributed by atoms with van der Waals surface area (Å²) in [4.78, 5) is 20.6. The van der Waals surface area contributed by atoms with Crippen LogP contribution in [0.4, 0.5) is 11.8 Å². The van der Waals surface area contributed by atoms with Crippen LogP contribution >= 0.6 is 11.6 Å². The van der Waals surface area contributed by atoms with E-state index in [1.54, 1.807) is 12.1 Å². The number of amides is 1. The quantitative estimate of drug-likeness (QED) is 0.640. The molecule has 3 N–H and O–H groups in total. The summed E-state index contributed by atoms with van der Waals surface area (Å²) in [7, 11) is 0. The van der Waals surface area contributed by atoms with Crippen molar-refractivity contribution in [2.75, 3.05) is 30.3 Å². The first-order valence-electron chi connectivity index (χ1n) is 7.91. The molecule has 1 aromatic heterocycles. The van der Waals surface area contributed by atoms with Crippen LogP contribution in [0.3, 0.4) is 0 Å². The third-order valence-electron chi connectivity index (χ3n) is 3.22. The van der Waals surface area contributed by atoms with Crippen molar-refractivity contribution in [1.29, 1.82) is 0 Å². The number of hydrogen-bond donors (Lipinski definition) is 3. The van der Waals surface area contributed by atoms with Crippen LogP contribution in [0.5, 0.6) is 0 Å². The molecule has 128 valence electrons. The molecular weight excluding hydrogens is 326 g/mol. The zero-order valence-corrected chi connectivity index (χ0v) is 14.7. The minimum atomic E-state index is -0.0300. The second kappa shape index (κ2) is 9.08. The molecule has 1 aromatic carbocycles. The van der Waals surface area contributed by atoms with E-state index in [0.717, 1.165) is 23.6 Å². The predicted molar refractivity (Wildman–Crippen MR) is 97.6 cm³/mol. The van der Waals surface area contributed by atoms with Gasteiger partial charge in [0.25, 0.3) is 0 Å². The molecule has 0 saturated carbocycles. The topological polar surface area (TPSA) is 78.9 Å². The monoisotopic (exact) mass is 347 g/mol. The molecule has 0 spiro atoms. The third kappa shape index (κ3) is 6.04. The van der Waals surface area contributed by atoms with Gasteiger partial charge in [0, 0.05) is 36.4 Å². The zero-order chi connectivity index (χ0) is 17.4. The van der Waals surface area contributed by atoms with Gasteiger partial charge in [-0.3, -0.25) is 4.79 Å². The molecule has 0 radical (unpaired) electrons. The van der Waals surface area contributed by atoms with E-state index >= 15 is 0 Å². The third-order valence-corrected chi connectivity index (χ3v) is 3.47. The van der Waals surface area contributed by atoms with Crippen LogP contribution in [0.15, 0.2) is 30.3 Å². The van der Waals surface area contributed by atoms with Crippen LogP contribution in [0.2, 0.25) is 5.02 Å². The maximum atomic E-state index is 11.9. The molecule has 24 heavy (non-hydrogen) atoms. The van der Waals surface area contributed by atoms with Crippen molar-refractivity contribution in [3.8, 4) is 0 Å². The number of rotatable bonds is 8. The highest BCUT2D eigenvalue weighted by Crippen LogP contribution is 2.10. The molecule has 7 heteroatoms. The van der Waals surface area contributed by atoms with Crippen LogP contribution in [0, 0.1) is 6.92 Å². The minimum Gasteiger partial charge on any atom is -0.370 e. The van der Waals surface area contributed by atoms with Crippen molar-refractivity contribution in [3.63, 3.8) is 0 Å². The number of anilines is 2. The van der Waals surface area contributed by atoms with Crippen molar-refractivity contribution in [1.82, 2.24) is 15.3 Å². The van der Waals surface area contributed by atoms with Gasteiger partial charge in [0.1, 0.15) is 5.82 Å². The lowest BCUT2D eigenvalue weighted by Gasteiger charge is -2.09. The van der Waals surface area contributed by atoms with Gasteiger partial charge in [0.05, 0.1) is 6.42 Å². The first kappa shape index (κ1) is 18.0. The lowest BCUT2D eigenvalue weighted by atomic mass is 10.1. The maximum absolute atomic E-state index is 11.9. The molecule has 0 aliphatic carbocycles. The van der Waals surface area contributed by atoms with Crippen molar-refractivity contribution in [3.05, 3.63) is 46.6 Å². The number of aromatic nitrogens is 2. The van der Waals surface area contributed by atoms with E-state index < -0.39 is 0 Å². The first-order valence-corrected chi connectivity index (χ1v) is 8.29. The number of halogens is 1. The van der Waals surface area contributed by atoms with Crippen molar-refractivity contribution < 1.29 is 4.79 Å². The van der Waals surface area contributed by atoms with Crippen LogP contribution in [0.25, 0.3) is 0 Å². The van der Waals surface area contributed by atoms with Gasteiger partial charge in [-0.25, -0.2) is 4.98 Å². The fourth-order valence-corrected chi connectivity index (χ4v) is 2.27. The molecule has 0 saturated heterocycles. The van der Waals surface area contributed by atoms with Crippen LogP contribution in [0.1, 0.15) is 18.2 Å². The highest BCUT2D eigenvalue weighted by molar-refractivity contribution is 6.30. The van der Waals surface area contributed by atoms with Crippen molar-refractivity contribution in [2.45, 2.75) is 20.3 Å². The van der Waals surface area contributed by atoms with Gasteiger partial charge in [-0.15, -0.1) is 0 Å². The summed E-state index contributed by atoms with van der Waals surface area (Å²) in [5.74, 6) is 1.31. The van der Waals surface area contributed by atoms with Gasteiger partial charge in [-0.05, 0) is 31.5 Å².